The lowest BCUT2D eigenvalue weighted by Gasteiger charge is -2.30. The van der Waals surface area contributed by atoms with Crippen LogP contribution >= 0.6 is 0 Å². The minimum absolute atomic E-state index is 0.247. The Morgan fingerprint density at radius 1 is 1.41 bits per heavy atom. The van der Waals surface area contributed by atoms with Gasteiger partial charge in [0.05, 0.1) is 0 Å². The molecule has 2 aromatic rings. The molecule has 4 nitrogen and oxygen atoms in total. The predicted octanol–water partition coefficient (Wildman–Crippen LogP) is 2.04. The van der Waals surface area contributed by atoms with E-state index in [1.165, 1.54) is 0 Å². The van der Waals surface area contributed by atoms with Crippen molar-refractivity contribution in [1.82, 2.24) is 4.98 Å². The molecule has 1 aromatic heterocycles. The third-order valence-electron chi connectivity index (χ3n) is 3.33. The first-order chi connectivity index (χ1) is 8.36. The molecule has 1 fully saturated rings. The summed E-state index contributed by atoms with van der Waals surface area (Å²) >= 11 is 0. The zero-order valence-electron chi connectivity index (χ0n) is 9.67. The van der Waals surface area contributed by atoms with Crippen LogP contribution in [0.5, 0.6) is 0 Å². The van der Waals surface area contributed by atoms with Crippen LogP contribution in [0.4, 0.5) is 6.01 Å². The predicted molar refractivity (Wildman–Crippen MR) is 66.0 cm³/mol. The first-order valence-corrected chi connectivity index (χ1v) is 6.08. The molecule has 0 aliphatic carbocycles. The first kappa shape index (κ1) is 10.6. The molecule has 1 aromatic carbocycles. The Labute approximate surface area is 99.9 Å². The van der Waals surface area contributed by atoms with Crippen molar-refractivity contribution in [2.24, 2.45) is 5.92 Å². The monoisotopic (exact) mass is 232 g/mol. The fourth-order valence-electron chi connectivity index (χ4n) is 2.38. The van der Waals surface area contributed by atoms with Crippen LogP contribution in [0.2, 0.25) is 0 Å². The Morgan fingerprint density at radius 2 is 2.29 bits per heavy atom. The summed E-state index contributed by atoms with van der Waals surface area (Å²) in [6, 6.07) is 8.48. The maximum Gasteiger partial charge on any atom is 0.298 e. The second-order valence-corrected chi connectivity index (χ2v) is 4.60. The average Bonchev–Trinajstić information content (AvgIpc) is 2.82. The molecular weight excluding hydrogens is 216 g/mol. The number of aliphatic hydroxyl groups excluding tert-OH is 1. The molecule has 1 aliphatic rings. The number of aliphatic hydroxyl groups is 1. The van der Waals surface area contributed by atoms with Crippen LogP contribution in [0, 0.1) is 5.92 Å². The van der Waals surface area contributed by atoms with Gasteiger partial charge in [0.2, 0.25) is 0 Å². The van der Waals surface area contributed by atoms with Gasteiger partial charge in [-0.05, 0) is 30.9 Å². The third kappa shape index (κ3) is 2.00. The molecule has 2 heterocycles. The van der Waals surface area contributed by atoms with Crippen molar-refractivity contribution < 1.29 is 9.52 Å². The Hall–Kier alpha value is -1.55. The van der Waals surface area contributed by atoms with E-state index >= 15 is 0 Å². The van der Waals surface area contributed by atoms with Crippen molar-refractivity contribution in [3.05, 3.63) is 24.3 Å². The van der Waals surface area contributed by atoms with Gasteiger partial charge in [-0.1, -0.05) is 12.1 Å². The van der Waals surface area contributed by atoms with Crippen molar-refractivity contribution >= 4 is 17.1 Å². The summed E-state index contributed by atoms with van der Waals surface area (Å²) < 4.78 is 5.73. The molecule has 4 heteroatoms. The molecule has 1 unspecified atom stereocenters. The van der Waals surface area contributed by atoms with Crippen LogP contribution in [-0.2, 0) is 0 Å². The molecule has 0 spiro atoms. The summed E-state index contributed by atoms with van der Waals surface area (Å²) in [5.41, 5.74) is 1.72. The van der Waals surface area contributed by atoms with Crippen molar-refractivity contribution in [3.8, 4) is 0 Å². The number of rotatable bonds is 2. The van der Waals surface area contributed by atoms with Gasteiger partial charge < -0.3 is 14.4 Å². The van der Waals surface area contributed by atoms with E-state index in [1.54, 1.807) is 0 Å². The minimum atomic E-state index is 0.247. The van der Waals surface area contributed by atoms with Crippen LogP contribution in [0.15, 0.2) is 28.7 Å². The fraction of sp³-hybridized carbons (Fsp3) is 0.462. The number of hydrogen-bond donors (Lipinski definition) is 1. The average molecular weight is 232 g/mol. The fourth-order valence-corrected chi connectivity index (χ4v) is 2.38. The van der Waals surface area contributed by atoms with Gasteiger partial charge in [-0.25, -0.2) is 0 Å². The summed E-state index contributed by atoms with van der Waals surface area (Å²) in [5, 5.41) is 9.22. The molecule has 3 rings (SSSR count). The van der Waals surface area contributed by atoms with Gasteiger partial charge in [0.25, 0.3) is 6.01 Å². The SMILES string of the molecule is OCC1CCCN(c2nc3ccccc3o2)C1. The van der Waals surface area contributed by atoms with Crippen molar-refractivity contribution in [2.75, 3.05) is 24.6 Å². The van der Waals surface area contributed by atoms with E-state index in [-0.39, 0.29) is 6.61 Å². The smallest absolute Gasteiger partial charge is 0.298 e. The molecular formula is C13H16N2O2. The Morgan fingerprint density at radius 3 is 3.12 bits per heavy atom. The summed E-state index contributed by atoms with van der Waals surface area (Å²) in [4.78, 5) is 6.61. The Bertz CT molecular complexity index is 476. The molecule has 0 bridgehead atoms. The molecule has 0 saturated carbocycles. The highest BCUT2D eigenvalue weighted by atomic mass is 16.4. The normalized spacial score (nSPS) is 21.0. The third-order valence-corrected chi connectivity index (χ3v) is 3.33. The zero-order valence-corrected chi connectivity index (χ0v) is 9.67. The number of nitrogens with zero attached hydrogens (tertiary/aromatic N) is 2. The summed E-state index contributed by atoms with van der Waals surface area (Å²) in [5.74, 6) is 0.346. The molecule has 17 heavy (non-hydrogen) atoms. The minimum Gasteiger partial charge on any atom is -0.423 e. The quantitative estimate of drug-likeness (QED) is 0.860. The van der Waals surface area contributed by atoms with Gasteiger partial charge >= 0.3 is 0 Å². The number of benzene rings is 1. The van der Waals surface area contributed by atoms with E-state index in [0.717, 1.165) is 37.0 Å². The molecule has 1 N–H and O–H groups in total. The van der Waals surface area contributed by atoms with Crippen LogP contribution in [0.3, 0.4) is 0 Å². The first-order valence-electron chi connectivity index (χ1n) is 6.08. The standard InChI is InChI=1S/C13H16N2O2/c16-9-10-4-3-7-15(8-10)13-14-11-5-1-2-6-12(11)17-13/h1-2,5-6,10,16H,3-4,7-9H2. The summed E-state index contributed by atoms with van der Waals surface area (Å²) in [6.07, 6.45) is 2.18. The Balaban J connectivity index is 1.87. The van der Waals surface area contributed by atoms with Crippen LogP contribution < -0.4 is 4.90 Å². The number of piperidine rings is 1. The largest absolute Gasteiger partial charge is 0.423 e. The second-order valence-electron chi connectivity index (χ2n) is 4.60. The topological polar surface area (TPSA) is 49.5 Å². The van der Waals surface area contributed by atoms with Gasteiger partial charge in [0.15, 0.2) is 5.58 Å². The lowest BCUT2D eigenvalue weighted by Crippen LogP contribution is -2.36. The summed E-state index contributed by atoms with van der Waals surface area (Å²) in [7, 11) is 0. The van der Waals surface area contributed by atoms with Gasteiger partial charge in [0.1, 0.15) is 5.52 Å². The number of hydrogen-bond acceptors (Lipinski definition) is 4. The van der Waals surface area contributed by atoms with E-state index in [0.29, 0.717) is 11.9 Å². The lowest BCUT2D eigenvalue weighted by molar-refractivity contribution is 0.207. The van der Waals surface area contributed by atoms with E-state index in [4.69, 9.17) is 4.42 Å². The van der Waals surface area contributed by atoms with Crippen LogP contribution in [0.1, 0.15) is 12.8 Å². The maximum atomic E-state index is 9.22. The Kier molecular flexibility index (Phi) is 2.73. The second kappa shape index (κ2) is 4.37. The van der Waals surface area contributed by atoms with Crippen molar-refractivity contribution in [2.45, 2.75) is 12.8 Å². The van der Waals surface area contributed by atoms with Crippen LogP contribution in [0.25, 0.3) is 11.1 Å². The summed E-state index contributed by atoms with van der Waals surface area (Å²) in [6.45, 7) is 2.05. The van der Waals surface area contributed by atoms with Gasteiger partial charge in [-0.2, -0.15) is 4.98 Å². The van der Waals surface area contributed by atoms with E-state index in [1.807, 2.05) is 24.3 Å². The number of fused-ring (bicyclic) bond motifs is 1. The van der Waals surface area contributed by atoms with E-state index in [2.05, 4.69) is 9.88 Å². The van der Waals surface area contributed by atoms with Gasteiger partial charge in [-0.3, -0.25) is 0 Å². The van der Waals surface area contributed by atoms with Crippen molar-refractivity contribution in [3.63, 3.8) is 0 Å². The highest BCUT2D eigenvalue weighted by Gasteiger charge is 2.22. The molecule has 0 amide bonds. The van der Waals surface area contributed by atoms with Gasteiger partial charge in [-0.15, -0.1) is 0 Å². The molecule has 1 saturated heterocycles. The number of anilines is 1. The number of aromatic nitrogens is 1. The maximum absolute atomic E-state index is 9.22. The lowest BCUT2D eigenvalue weighted by atomic mass is 10.00. The van der Waals surface area contributed by atoms with E-state index in [9.17, 15) is 5.11 Å². The zero-order chi connectivity index (χ0) is 11.7. The highest BCUT2D eigenvalue weighted by Crippen LogP contribution is 2.25. The highest BCUT2D eigenvalue weighted by molar-refractivity contribution is 5.74. The van der Waals surface area contributed by atoms with Gasteiger partial charge in [0, 0.05) is 19.7 Å². The number of para-hydroxylation sites is 2. The van der Waals surface area contributed by atoms with E-state index < -0.39 is 0 Å². The number of oxazole rings is 1. The molecule has 1 aliphatic heterocycles. The molecule has 0 radical (unpaired) electrons. The molecule has 1 atom stereocenters. The van der Waals surface area contributed by atoms with Crippen molar-refractivity contribution in [1.29, 1.82) is 0 Å². The molecule has 90 valence electrons. The van der Waals surface area contributed by atoms with Crippen LogP contribution in [-0.4, -0.2) is 29.8 Å².